The van der Waals surface area contributed by atoms with Crippen molar-refractivity contribution in [2.24, 2.45) is 5.41 Å². The van der Waals surface area contributed by atoms with Gasteiger partial charge in [-0.25, -0.2) is 9.97 Å². The Kier molecular flexibility index (Phi) is 6.22. The van der Waals surface area contributed by atoms with Gasteiger partial charge < -0.3 is 15.5 Å². The molecule has 0 radical (unpaired) electrons. The number of nitrogens with one attached hydrogen (secondary N) is 2. The summed E-state index contributed by atoms with van der Waals surface area (Å²) in [5.41, 5.74) is 0.947. The molecule has 10 nitrogen and oxygen atoms in total. The summed E-state index contributed by atoms with van der Waals surface area (Å²) < 4.78 is 0. The van der Waals surface area contributed by atoms with Crippen LogP contribution in [0.2, 0.25) is 0 Å². The molecule has 0 unspecified atom stereocenters. The van der Waals surface area contributed by atoms with E-state index in [1.54, 1.807) is 6.20 Å². The molecule has 0 aromatic carbocycles. The van der Waals surface area contributed by atoms with Gasteiger partial charge in [-0.15, -0.1) is 0 Å². The number of nitrogens with zero attached hydrogens (tertiary/aromatic N) is 6. The molecule has 1 atom stereocenters. The zero-order chi connectivity index (χ0) is 25.6. The smallest absolute Gasteiger partial charge is 0.244 e. The Hall–Kier alpha value is -3.27. The van der Waals surface area contributed by atoms with Crippen LogP contribution in [0.25, 0.3) is 0 Å². The zero-order valence-corrected chi connectivity index (χ0v) is 21.7. The van der Waals surface area contributed by atoms with Crippen LogP contribution >= 0.6 is 0 Å². The Bertz CT molecular complexity index is 1170. The van der Waals surface area contributed by atoms with Crippen LogP contribution < -0.4 is 20.4 Å². The van der Waals surface area contributed by atoms with Crippen molar-refractivity contribution in [2.45, 2.75) is 64.5 Å². The van der Waals surface area contributed by atoms with E-state index in [0.717, 1.165) is 63.1 Å². The van der Waals surface area contributed by atoms with Crippen LogP contribution in [0.5, 0.6) is 0 Å². The van der Waals surface area contributed by atoms with Crippen LogP contribution in [0.1, 0.15) is 51.5 Å². The third-order valence-electron chi connectivity index (χ3n) is 8.55. The summed E-state index contributed by atoms with van der Waals surface area (Å²) in [6.07, 6.45) is 8.58. The fourth-order valence-electron chi connectivity index (χ4n) is 6.32. The molecule has 196 valence electrons. The molecular formula is C27H36N8O2. The molecule has 2 aromatic heterocycles. The molecule has 37 heavy (non-hydrogen) atoms. The molecule has 1 aliphatic carbocycles. The first-order valence-electron chi connectivity index (χ1n) is 13.6. The summed E-state index contributed by atoms with van der Waals surface area (Å²) in [5, 5.41) is 6.10. The van der Waals surface area contributed by atoms with Crippen molar-refractivity contribution in [3.05, 3.63) is 30.1 Å². The van der Waals surface area contributed by atoms with Crippen LogP contribution in [-0.2, 0) is 16.0 Å². The summed E-state index contributed by atoms with van der Waals surface area (Å²) in [7, 11) is 0. The maximum atomic E-state index is 13.8. The Morgan fingerprint density at radius 1 is 1.05 bits per heavy atom. The second-order valence-corrected chi connectivity index (χ2v) is 11.1. The van der Waals surface area contributed by atoms with Gasteiger partial charge in [0.25, 0.3) is 0 Å². The van der Waals surface area contributed by atoms with Crippen LogP contribution in [0, 0.1) is 5.41 Å². The second kappa shape index (κ2) is 9.55. The lowest BCUT2D eigenvalue weighted by molar-refractivity contribution is -0.140. The zero-order valence-electron chi connectivity index (χ0n) is 21.7. The molecule has 4 aliphatic rings. The van der Waals surface area contributed by atoms with Crippen LogP contribution in [0.4, 0.5) is 23.3 Å². The molecule has 2 amide bonds. The molecule has 1 spiro atoms. The first-order chi connectivity index (χ1) is 17.9. The van der Waals surface area contributed by atoms with Crippen molar-refractivity contribution in [1.82, 2.24) is 25.2 Å². The highest BCUT2D eigenvalue weighted by molar-refractivity contribution is 6.14. The number of rotatable bonds is 5. The molecule has 10 heteroatoms. The van der Waals surface area contributed by atoms with Gasteiger partial charge in [-0.05, 0) is 45.2 Å². The Balaban J connectivity index is 1.22. The van der Waals surface area contributed by atoms with E-state index in [1.807, 2.05) is 17.2 Å². The van der Waals surface area contributed by atoms with Gasteiger partial charge >= 0.3 is 0 Å². The van der Waals surface area contributed by atoms with Crippen LogP contribution in [-0.4, -0.2) is 76.5 Å². The van der Waals surface area contributed by atoms with Crippen molar-refractivity contribution in [3.8, 4) is 0 Å². The van der Waals surface area contributed by atoms with Gasteiger partial charge in [0.15, 0.2) is 0 Å². The van der Waals surface area contributed by atoms with E-state index in [4.69, 9.17) is 4.98 Å². The molecule has 0 bridgehead atoms. The van der Waals surface area contributed by atoms with E-state index in [2.05, 4.69) is 50.3 Å². The average Bonchev–Trinajstić information content (AvgIpc) is 3.56. The fourth-order valence-corrected chi connectivity index (χ4v) is 6.32. The van der Waals surface area contributed by atoms with Gasteiger partial charge in [-0.1, -0.05) is 12.8 Å². The predicted molar refractivity (Wildman–Crippen MR) is 142 cm³/mol. The third kappa shape index (κ3) is 4.31. The van der Waals surface area contributed by atoms with Crippen molar-refractivity contribution in [1.29, 1.82) is 0 Å². The first-order valence-corrected chi connectivity index (χ1v) is 13.6. The van der Waals surface area contributed by atoms with Crippen LogP contribution in [0.15, 0.2) is 24.5 Å². The molecule has 2 saturated heterocycles. The lowest BCUT2D eigenvalue weighted by atomic mass is 9.76. The summed E-state index contributed by atoms with van der Waals surface area (Å²) in [4.78, 5) is 47.2. The third-order valence-corrected chi connectivity index (χ3v) is 8.55. The number of anilines is 4. The highest BCUT2D eigenvalue weighted by Gasteiger charge is 2.56. The molecule has 2 N–H and O–H groups in total. The van der Waals surface area contributed by atoms with E-state index >= 15 is 0 Å². The minimum absolute atomic E-state index is 0.0770. The monoisotopic (exact) mass is 504 g/mol. The van der Waals surface area contributed by atoms with E-state index in [0.29, 0.717) is 43.0 Å². The number of pyridine rings is 1. The lowest BCUT2D eigenvalue weighted by Gasteiger charge is -2.40. The topological polar surface area (TPSA) is 107 Å². The number of fused-ring (bicyclic) bond motifs is 1. The van der Waals surface area contributed by atoms with Crippen molar-refractivity contribution < 1.29 is 9.59 Å². The highest BCUT2D eigenvalue weighted by atomic mass is 16.2. The van der Waals surface area contributed by atoms with Gasteiger partial charge in [0.05, 0.1) is 11.9 Å². The Labute approximate surface area is 217 Å². The quantitative estimate of drug-likeness (QED) is 0.599. The number of carbonyl (C=O) groups is 2. The molecular weight excluding hydrogens is 468 g/mol. The number of aromatic nitrogens is 3. The first kappa shape index (κ1) is 24.1. The molecule has 3 fully saturated rings. The van der Waals surface area contributed by atoms with Gasteiger partial charge in [-0.2, -0.15) is 4.98 Å². The maximum absolute atomic E-state index is 13.8. The maximum Gasteiger partial charge on any atom is 0.244 e. The highest BCUT2D eigenvalue weighted by Crippen LogP contribution is 2.44. The minimum Gasteiger partial charge on any atom is -0.368 e. The number of carbonyl (C=O) groups excluding carboxylic acids is 2. The molecule has 2 aromatic rings. The second-order valence-electron chi connectivity index (χ2n) is 11.1. The van der Waals surface area contributed by atoms with E-state index in [1.165, 1.54) is 0 Å². The number of hydrogen-bond acceptors (Lipinski definition) is 8. The average molecular weight is 505 g/mol. The van der Waals surface area contributed by atoms with Gasteiger partial charge in [-0.3, -0.25) is 19.4 Å². The SMILES string of the molecule is CC(C)N1CCN(c2ccc(Nc3ncc4c(n3)N(C3CCCC3)C(=O)[C@]3(CCNC3=O)C4)nc2)CC1. The predicted octanol–water partition coefficient (Wildman–Crippen LogP) is 2.48. The van der Waals surface area contributed by atoms with Crippen molar-refractivity contribution in [2.75, 3.05) is 47.8 Å². The Morgan fingerprint density at radius 2 is 1.84 bits per heavy atom. The summed E-state index contributed by atoms with van der Waals surface area (Å²) in [5.74, 6) is 1.44. The van der Waals surface area contributed by atoms with Crippen molar-refractivity contribution in [3.63, 3.8) is 0 Å². The normalized spacial score (nSPS) is 24.7. The molecule has 3 aliphatic heterocycles. The molecule has 1 saturated carbocycles. The largest absolute Gasteiger partial charge is 0.368 e. The number of piperazine rings is 1. The lowest BCUT2D eigenvalue weighted by Crippen LogP contribution is -2.56. The summed E-state index contributed by atoms with van der Waals surface area (Å²) >= 11 is 0. The van der Waals surface area contributed by atoms with Gasteiger partial charge in [0, 0.05) is 63.0 Å². The summed E-state index contributed by atoms with van der Waals surface area (Å²) in [6.45, 7) is 9.11. The van der Waals surface area contributed by atoms with E-state index in [9.17, 15) is 9.59 Å². The standard InChI is InChI=1S/C27H36N8O2/c1-18(2)33-11-13-34(14-12-33)21-7-8-22(29-17-21)31-26-30-16-19-15-27(9-10-28-24(27)36)25(37)35(23(19)32-26)20-5-3-4-6-20/h7-8,16-18,20H,3-6,9-15H2,1-2H3,(H,28,36)(H,29,30,31,32)/t27-/m1/s1. The van der Waals surface area contributed by atoms with Gasteiger partial charge in [0.1, 0.15) is 17.1 Å². The van der Waals surface area contributed by atoms with Crippen molar-refractivity contribution >= 4 is 35.1 Å². The Morgan fingerprint density at radius 3 is 2.49 bits per heavy atom. The van der Waals surface area contributed by atoms with Crippen LogP contribution in [0.3, 0.4) is 0 Å². The van der Waals surface area contributed by atoms with Gasteiger partial charge in [0.2, 0.25) is 17.8 Å². The number of hydrogen-bond donors (Lipinski definition) is 2. The minimum atomic E-state index is -1.02. The molecule has 5 heterocycles. The van der Waals surface area contributed by atoms with E-state index in [-0.39, 0.29) is 17.9 Å². The van der Waals surface area contributed by atoms with E-state index < -0.39 is 5.41 Å². The fraction of sp³-hybridized carbons (Fsp3) is 0.593. The summed E-state index contributed by atoms with van der Waals surface area (Å²) in [6, 6.07) is 4.68. The molecule has 6 rings (SSSR count). The number of amides is 2.